The first-order valence-electron chi connectivity index (χ1n) is 7.26. The van der Waals surface area contributed by atoms with Gasteiger partial charge in [-0.2, -0.15) is 0 Å². The highest BCUT2D eigenvalue weighted by Gasteiger charge is 2.07. The first kappa shape index (κ1) is 16.3. The minimum atomic E-state index is -0.255. The molecule has 2 amide bonds. The maximum Gasteiger partial charge on any atom is 0.314 e. The van der Waals surface area contributed by atoms with Crippen LogP contribution in [0.1, 0.15) is 71.6 Å². The van der Waals surface area contributed by atoms with Crippen LogP contribution in [-0.4, -0.2) is 24.0 Å². The third-order valence-corrected chi connectivity index (χ3v) is 3.12. The first-order valence-corrected chi connectivity index (χ1v) is 7.26. The van der Waals surface area contributed by atoms with E-state index in [0.29, 0.717) is 0 Å². The third-order valence-electron chi connectivity index (χ3n) is 3.12. The lowest BCUT2D eigenvalue weighted by Gasteiger charge is -2.20. The molecule has 0 rings (SSSR count). The molecule has 17 heavy (non-hydrogen) atoms. The smallest absolute Gasteiger partial charge is 0.314 e. The summed E-state index contributed by atoms with van der Waals surface area (Å²) in [7, 11) is 0. The van der Waals surface area contributed by atoms with E-state index in [9.17, 15) is 4.79 Å². The van der Waals surface area contributed by atoms with E-state index in [1.807, 2.05) is 0 Å². The molecule has 0 aliphatic rings. The molecule has 0 bridgehead atoms. The van der Waals surface area contributed by atoms with Gasteiger partial charge in [0, 0.05) is 13.1 Å². The minimum Gasteiger partial charge on any atom is -0.351 e. The predicted molar refractivity (Wildman–Crippen MR) is 74.1 cm³/mol. The summed E-state index contributed by atoms with van der Waals surface area (Å²) >= 11 is 0. The van der Waals surface area contributed by atoms with Crippen LogP contribution in [0.3, 0.4) is 0 Å². The number of hydrogen-bond acceptors (Lipinski definition) is 1. The zero-order valence-corrected chi connectivity index (χ0v) is 11.7. The van der Waals surface area contributed by atoms with Gasteiger partial charge in [0.25, 0.3) is 0 Å². The van der Waals surface area contributed by atoms with Crippen molar-refractivity contribution >= 4 is 6.03 Å². The highest BCUT2D eigenvalue weighted by atomic mass is 16.2. The Bertz CT molecular complexity index is 183. The lowest BCUT2D eigenvalue weighted by Crippen LogP contribution is -2.37. The van der Waals surface area contributed by atoms with E-state index < -0.39 is 0 Å². The summed E-state index contributed by atoms with van der Waals surface area (Å²) in [6, 6.07) is -0.255. The van der Waals surface area contributed by atoms with Gasteiger partial charge in [0.05, 0.1) is 0 Å². The lowest BCUT2D eigenvalue weighted by atomic mass is 10.1. The summed E-state index contributed by atoms with van der Waals surface area (Å²) in [4.78, 5) is 13.0. The number of carbonyl (C=O) groups is 1. The number of nitrogens with zero attached hydrogens (tertiary/aromatic N) is 1. The zero-order chi connectivity index (χ0) is 12.9. The Kier molecular flexibility index (Phi) is 11.2. The van der Waals surface area contributed by atoms with Crippen LogP contribution < -0.4 is 5.73 Å². The molecule has 0 aliphatic carbocycles. The van der Waals surface area contributed by atoms with Gasteiger partial charge in [0.1, 0.15) is 0 Å². The summed E-state index contributed by atoms with van der Waals surface area (Å²) in [6.45, 7) is 6.06. The van der Waals surface area contributed by atoms with Crippen molar-refractivity contribution in [3.05, 3.63) is 0 Å². The standard InChI is InChI=1S/C14H30N2O/c1-3-5-7-8-9-11-13-16(14(15)17)12-10-6-4-2/h3-13H2,1-2H3,(H2,15,17). The number of primary amides is 1. The van der Waals surface area contributed by atoms with Crippen molar-refractivity contribution in [1.82, 2.24) is 4.90 Å². The predicted octanol–water partition coefficient (Wildman–Crippen LogP) is 3.92. The number of carbonyl (C=O) groups excluding carboxylic acids is 1. The number of rotatable bonds is 11. The quantitative estimate of drug-likeness (QED) is 0.548. The third kappa shape index (κ3) is 10.2. The fourth-order valence-corrected chi connectivity index (χ4v) is 1.97. The maximum atomic E-state index is 11.2. The van der Waals surface area contributed by atoms with Crippen molar-refractivity contribution in [3.63, 3.8) is 0 Å². The van der Waals surface area contributed by atoms with Gasteiger partial charge in [-0.3, -0.25) is 0 Å². The number of hydrogen-bond donors (Lipinski definition) is 1. The second kappa shape index (κ2) is 11.7. The van der Waals surface area contributed by atoms with Gasteiger partial charge < -0.3 is 10.6 Å². The fourth-order valence-electron chi connectivity index (χ4n) is 1.97. The molecule has 0 aliphatic heterocycles. The lowest BCUT2D eigenvalue weighted by molar-refractivity contribution is 0.205. The molecular weight excluding hydrogens is 212 g/mol. The van der Waals surface area contributed by atoms with Crippen LogP contribution in [0.4, 0.5) is 4.79 Å². The van der Waals surface area contributed by atoms with Crippen molar-refractivity contribution in [3.8, 4) is 0 Å². The van der Waals surface area contributed by atoms with Crippen molar-refractivity contribution in [2.45, 2.75) is 71.6 Å². The summed E-state index contributed by atoms with van der Waals surface area (Å²) in [5.41, 5.74) is 5.37. The molecule has 3 nitrogen and oxygen atoms in total. The number of unbranched alkanes of at least 4 members (excludes halogenated alkanes) is 7. The Hall–Kier alpha value is -0.730. The van der Waals surface area contributed by atoms with Gasteiger partial charge in [-0.05, 0) is 12.8 Å². The summed E-state index contributed by atoms with van der Waals surface area (Å²) in [5.74, 6) is 0. The van der Waals surface area contributed by atoms with Gasteiger partial charge in [0.2, 0.25) is 0 Å². The monoisotopic (exact) mass is 242 g/mol. The molecule has 0 heterocycles. The molecule has 0 aromatic rings. The SMILES string of the molecule is CCCCCCCCN(CCCCC)C(N)=O. The molecule has 0 unspecified atom stereocenters. The molecule has 0 atom stereocenters. The Labute approximate surface area is 107 Å². The summed E-state index contributed by atoms with van der Waals surface area (Å²) in [5, 5.41) is 0. The average Bonchev–Trinajstić information content (AvgIpc) is 2.31. The van der Waals surface area contributed by atoms with Crippen LogP contribution in [0.2, 0.25) is 0 Å². The molecule has 0 spiro atoms. The molecule has 3 heteroatoms. The van der Waals surface area contributed by atoms with Gasteiger partial charge in [-0.1, -0.05) is 58.8 Å². The first-order chi connectivity index (χ1) is 8.22. The van der Waals surface area contributed by atoms with E-state index in [0.717, 1.165) is 25.9 Å². The van der Waals surface area contributed by atoms with E-state index in [4.69, 9.17) is 5.73 Å². The second-order valence-electron chi connectivity index (χ2n) is 4.80. The van der Waals surface area contributed by atoms with Crippen LogP contribution in [0, 0.1) is 0 Å². The average molecular weight is 242 g/mol. The van der Waals surface area contributed by atoms with Crippen LogP contribution in [0.25, 0.3) is 0 Å². The van der Waals surface area contributed by atoms with E-state index >= 15 is 0 Å². The molecule has 0 saturated heterocycles. The highest BCUT2D eigenvalue weighted by molar-refractivity contribution is 5.71. The molecule has 0 aromatic carbocycles. The normalized spacial score (nSPS) is 10.5. The van der Waals surface area contributed by atoms with Crippen molar-refractivity contribution < 1.29 is 4.79 Å². The molecule has 0 saturated carbocycles. The van der Waals surface area contributed by atoms with Gasteiger partial charge >= 0.3 is 6.03 Å². The Balaban J connectivity index is 3.52. The zero-order valence-electron chi connectivity index (χ0n) is 11.7. The van der Waals surface area contributed by atoms with Crippen molar-refractivity contribution in [1.29, 1.82) is 0 Å². The molecule has 2 N–H and O–H groups in total. The van der Waals surface area contributed by atoms with E-state index in [-0.39, 0.29) is 6.03 Å². The molecule has 0 aromatic heterocycles. The fraction of sp³-hybridized carbons (Fsp3) is 0.929. The highest BCUT2D eigenvalue weighted by Crippen LogP contribution is 2.06. The summed E-state index contributed by atoms with van der Waals surface area (Å²) < 4.78 is 0. The minimum absolute atomic E-state index is 0.255. The number of urea groups is 1. The number of nitrogens with two attached hydrogens (primary N) is 1. The Morgan fingerprint density at radius 2 is 1.24 bits per heavy atom. The van der Waals surface area contributed by atoms with Crippen LogP contribution >= 0.6 is 0 Å². The van der Waals surface area contributed by atoms with Crippen molar-refractivity contribution in [2.75, 3.05) is 13.1 Å². The summed E-state index contributed by atoms with van der Waals surface area (Å²) in [6.07, 6.45) is 11.0. The number of amides is 2. The van der Waals surface area contributed by atoms with E-state index in [2.05, 4.69) is 13.8 Å². The topological polar surface area (TPSA) is 46.3 Å². The van der Waals surface area contributed by atoms with Gasteiger partial charge in [0.15, 0.2) is 0 Å². The van der Waals surface area contributed by atoms with E-state index in [1.165, 1.54) is 44.9 Å². The molecule has 0 radical (unpaired) electrons. The molecule has 0 fully saturated rings. The molecular formula is C14H30N2O. The second-order valence-corrected chi connectivity index (χ2v) is 4.80. The van der Waals surface area contributed by atoms with E-state index in [1.54, 1.807) is 4.90 Å². The Morgan fingerprint density at radius 3 is 1.76 bits per heavy atom. The molecule has 102 valence electrons. The van der Waals surface area contributed by atoms with Crippen LogP contribution in [0.5, 0.6) is 0 Å². The maximum absolute atomic E-state index is 11.2. The largest absolute Gasteiger partial charge is 0.351 e. The Morgan fingerprint density at radius 1 is 0.824 bits per heavy atom. The van der Waals surface area contributed by atoms with Crippen LogP contribution in [0.15, 0.2) is 0 Å². The van der Waals surface area contributed by atoms with Crippen LogP contribution in [-0.2, 0) is 0 Å². The van der Waals surface area contributed by atoms with Crippen molar-refractivity contribution in [2.24, 2.45) is 5.73 Å². The van der Waals surface area contributed by atoms with Gasteiger partial charge in [-0.25, -0.2) is 4.79 Å². The van der Waals surface area contributed by atoms with Gasteiger partial charge in [-0.15, -0.1) is 0 Å².